The molecule has 6 heteroatoms. The maximum Gasteiger partial charge on any atom is 0.0701 e. The Labute approximate surface area is 134 Å². The average molecular weight is 374 g/mol. The van der Waals surface area contributed by atoms with E-state index in [1.54, 1.807) is 0 Å². The number of piperazine rings is 1. The van der Waals surface area contributed by atoms with Gasteiger partial charge in [0.15, 0.2) is 0 Å². The third-order valence-electron chi connectivity index (χ3n) is 2.90. The maximum atomic E-state index is 3.88. The lowest BCUT2D eigenvalue weighted by Gasteiger charge is -2.34. The molecule has 2 nitrogen and oxygen atoms in total. The van der Waals surface area contributed by atoms with Crippen molar-refractivity contribution in [2.24, 2.45) is 0 Å². The van der Waals surface area contributed by atoms with E-state index in [4.69, 9.17) is 0 Å². The molecule has 0 aromatic carbocycles. The van der Waals surface area contributed by atoms with Gasteiger partial charge in [-0.2, -0.15) is 0 Å². The highest BCUT2D eigenvalue weighted by Crippen LogP contribution is 2.33. The number of hydrogen-bond acceptors (Lipinski definition) is 3. The summed E-state index contributed by atoms with van der Waals surface area (Å²) in [6.07, 6.45) is 3.06. The number of hydrogen-bond donors (Lipinski definition) is 1. The second kappa shape index (κ2) is 9.34. The fraction of sp³-hybridized carbons (Fsp3) is 0.500. The molecule has 0 radical (unpaired) electrons. The largest absolute Gasteiger partial charge is 0.314 e. The van der Waals surface area contributed by atoms with Crippen LogP contribution in [0.5, 0.6) is 0 Å². The molecule has 0 saturated carbocycles. The van der Waals surface area contributed by atoms with Gasteiger partial charge in [0.25, 0.3) is 0 Å². The Morgan fingerprint density at radius 1 is 1.39 bits per heavy atom. The van der Waals surface area contributed by atoms with Crippen molar-refractivity contribution in [3.05, 3.63) is 33.5 Å². The predicted molar refractivity (Wildman–Crippen MR) is 88.5 cm³/mol. The van der Waals surface area contributed by atoms with Gasteiger partial charge in [0, 0.05) is 37.1 Å². The number of halogens is 3. The molecule has 1 N–H and O–H groups in total. The van der Waals surface area contributed by atoms with Crippen molar-refractivity contribution < 1.29 is 0 Å². The molecular weight excluding hydrogens is 355 g/mol. The first kappa shape index (κ1) is 18.4. The fourth-order valence-electron chi connectivity index (χ4n) is 2.10. The first-order valence-electron chi connectivity index (χ1n) is 5.62. The average Bonchev–Trinajstić information content (AvgIpc) is 2.74. The third-order valence-corrected chi connectivity index (χ3v) is 4.63. The topological polar surface area (TPSA) is 15.3 Å². The van der Waals surface area contributed by atoms with Crippen molar-refractivity contribution >= 4 is 52.1 Å². The van der Waals surface area contributed by atoms with Crippen molar-refractivity contribution in [1.29, 1.82) is 0 Å². The zero-order chi connectivity index (χ0) is 11.4. The van der Waals surface area contributed by atoms with Gasteiger partial charge in [0.1, 0.15) is 0 Å². The van der Waals surface area contributed by atoms with E-state index < -0.39 is 0 Å². The molecule has 0 unspecified atom stereocenters. The van der Waals surface area contributed by atoms with Crippen molar-refractivity contribution in [3.63, 3.8) is 0 Å². The van der Waals surface area contributed by atoms with Gasteiger partial charge in [-0.1, -0.05) is 6.08 Å². The van der Waals surface area contributed by atoms with Gasteiger partial charge in [-0.15, -0.1) is 42.7 Å². The van der Waals surface area contributed by atoms with Crippen LogP contribution >= 0.6 is 52.1 Å². The van der Waals surface area contributed by atoms with Crippen molar-refractivity contribution in [2.75, 3.05) is 26.2 Å². The zero-order valence-electron chi connectivity index (χ0n) is 10.1. The Bertz CT molecular complexity index is 354. The molecule has 18 heavy (non-hydrogen) atoms. The Hall–Kier alpha value is 0.420. The van der Waals surface area contributed by atoms with E-state index in [1.165, 1.54) is 8.66 Å². The van der Waals surface area contributed by atoms with E-state index in [2.05, 4.69) is 44.9 Å². The summed E-state index contributed by atoms with van der Waals surface area (Å²) >= 11 is 5.37. The lowest BCUT2D eigenvalue weighted by atomic mass is 10.1. The van der Waals surface area contributed by atoms with Gasteiger partial charge in [-0.3, -0.25) is 4.90 Å². The number of thiophene rings is 1. The molecule has 104 valence electrons. The molecule has 0 bridgehead atoms. The quantitative estimate of drug-likeness (QED) is 0.805. The molecule has 1 aromatic rings. The number of nitrogens with one attached hydrogen (secondary N) is 1. The highest BCUT2D eigenvalue weighted by atomic mass is 79.9. The van der Waals surface area contributed by atoms with Crippen LogP contribution in [0.2, 0.25) is 0 Å². The summed E-state index contributed by atoms with van der Waals surface area (Å²) < 4.78 is 1.21. The van der Waals surface area contributed by atoms with E-state index in [1.807, 2.05) is 17.4 Å². The SMILES string of the molecule is C=CC[C@H](c1ccc(Br)s1)N1CCNCC1.Cl.Cl. The van der Waals surface area contributed by atoms with Crippen LogP contribution < -0.4 is 5.32 Å². The van der Waals surface area contributed by atoms with E-state index in [0.29, 0.717) is 6.04 Å². The minimum absolute atomic E-state index is 0. The van der Waals surface area contributed by atoms with Crippen LogP contribution in [0.25, 0.3) is 0 Å². The van der Waals surface area contributed by atoms with Gasteiger partial charge < -0.3 is 5.32 Å². The monoisotopic (exact) mass is 372 g/mol. The van der Waals surface area contributed by atoms with Crippen LogP contribution in [-0.4, -0.2) is 31.1 Å². The van der Waals surface area contributed by atoms with Crippen molar-refractivity contribution in [2.45, 2.75) is 12.5 Å². The van der Waals surface area contributed by atoms with Crippen molar-refractivity contribution in [3.8, 4) is 0 Å². The maximum absolute atomic E-state index is 3.88. The highest BCUT2D eigenvalue weighted by Gasteiger charge is 2.22. The van der Waals surface area contributed by atoms with Crippen LogP contribution in [0, 0.1) is 0 Å². The second-order valence-electron chi connectivity index (χ2n) is 3.97. The van der Waals surface area contributed by atoms with Crippen molar-refractivity contribution in [1.82, 2.24) is 10.2 Å². The summed E-state index contributed by atoms with van der Waals surface area (Å²) in [5, 5.41) is 3.40. The zero-order valence-corrected chi connectivity index (χ0v) is 14.1. The molecule has 1 atom stereocenters. The van der Waals surface area contributed by atoms with E-state index in [-0.39, 0.29) is 24.8 Å². The van der Waals surface area contributed by atoms with Gasteiger partial charge in [0.2, 0.25) is 0 Å². The lowest BCUT2D eigenvalue weighted by Crippen LogP contribution is -2.44. The minimum Gasteiger partial charge on any atom is -0.314 e. The highest BCUT2D eigenvalue weighted by molar-refractivity contribution is 9.11. The van der Waals surface area contributed by atoms with Crippen LogP contribution in [0.1, 0.15) is 17.3 Å². The molecule has 2 rings (SSSR count). The number of nitrogens with zero attached hydrogens (tertiary/aromatic N) is 1. The minimum atomic E-state index is 0. The Morgan fingerprint density at radius 3 is 2.56 bits per heavy atom. The van der Waals surface area contributed by atoms with E-state index >= 15 is 0 Å². The molecule has 0 amide bonds. The first-order chi connectivity index (χ1) is 7.81. The number of rotatable bonds is 4. The molecule has 1 saturated heterocycles. The van der Waals surface area contributed by atoms with Crippen LogP contribution in [0.3, 0.4) is 0 Å². The summed E-state index contributed by atoms with van der Waals surface area (Å²) in [5.41, 5.74) is 0. The molecule has 1 fully saturated rings. The van der Waals surface area contributed by atoms with Gasteiger partial charge in [0.05, 0.1) is 3.79 Å². The van der Waals surface area contributed by atoms with Crippen LogP contribution in [0.4, 0.5) is 0 Å². The predicted octanol–water partition coefficient (Wildman–Crippen LogP) is 3.88. The normalized spacial score (nSPS) is 17.4. The summed E-state index contributed by atoms with van der Waals surface area (Å²) in [6.45, 7) is 8.34. The Balaban J connectivity index is 0.00000144. The van der Waals surface area contributed by atoms with Crippen LogP contribution in [-0.2, 0) is 0 Å². The smallest absolute Gasteiger partial charge is 0.0701 e. The molecule has 2 heterocycles. The van der Waals surface area contributed by atoms with Crippen LogP contribution in [0.15, 0.2) is 28.6 Å². The fourth-order valence-corrected chi connectivity index (χ4v) is 3.68. The summed E-state index contributed by atoms with van der Waals surface area (Å²) in [4.78, 5) is 3.99. The standard InChI is InChI=1S/C12H17BrN2S.2ClH/c1-2-3-10(11-4-5-12(13)16-11)15-8-6-14-7-9-15;;/h2,4-5,10,14H,1,3,6-9H2;2*1H/t10-;;/m1../s1. The molecule has 0 spiro atoms. The molecule has 1 aromatic heterocycles. The van der Waals surface area contributed by atoms with Gasteiger partial charge >= 0.3 is 0 Å². The third kappa shape index (κ3) is 4.83. The summed E-state index contributed by atoms with van der Waals surface area (Å²) in [5.74, 6) is 0. The molecule has 1 aliphatic heterocycles. The Morgan fingerprint density at radius 2 is 2.06 bits per heavy atom. The lowest BCUT2D eigenvalue weighted by molar-refractivity contribution is 0.177. The molecular formula is C12H19BrCl2N2S. The van der Waals surface area contributed by atoms with Gasteiger partial charge in [-0.25, -0.2) is 0 Å². The molecule has 1 aliphatic rings. The van der Waals surface area contributed by atoms with E-state index in [9.17, 15) is 0 Å². The first-order valence-corrected chi connectivity index (χ1v) is 7.23. The van der Waals surface area contributed by atoms with E-state index in [0.717, 1.165) is 32.6 Å². The second-order valence-corrected chi connectivity index (χ2v) is 6.46. The Kier molecular flexibility index (Phi) is 9.56. The molecule has 0 aliphatic carbocycles. The summed E-state index contributed by atoms with van der Waals surface area (Å²) in [7, 11) is 0. The summed E-state index contributed by atoms with van der Waals surface area (Å²) in [6, 6.07) is 4.87. The van der Waals surface area contributed by atoms with Gasteiger partial charge in [-0.05, 0) is 34.5 Å².